The number of nitrogens with zero attached hydrogens (tertiary/aromatic N) is 1. The lowest BCUT2D eigenvalue weighted by Gasteiger charge is -2.57. The average Bonchev–Trinajstić information content (AvgIpc) is 2.70. The van der Waals surface area contributed by atoms with Crippen LogP contribution in [0.5, 0.6) is 0 Å². The lowest BCUT2D eigenvalue weighted by Crippen LogP contribution is -2.69. The molecule has 4 rings (SSSR count). The molecular formula is C21H21FN2O2. The summed E-state index contributed by atoms with van der Waals surface area (Å²) >= 11 is 0. The highest BCUT2D eigenvalue weighted by molar-refractivity contribution is 5.98. The van der Waals surface area contributed by atoms with Gasteiger partial charge in [-0.1, -0.05) is 55.7 Å². The summed E-state index contributed by atoms with van der Waals surface area (Å²) in [7, 11) is 0. The third kappa shape index (κ3) is 2.59. The molecule has 2 aromatic carbocycles. The van der Waals surface area contributed by atoms with Crippen molar-refractivity contribution >= 4 is 11.8 Å². The molecule has 1 saturated heterocycles. The largest absolute Gasteiger partial charge is 0.272 e. The second-order valence-electron chi connectivity index (χ2n) is 7.12. The smallest absolute Gasteiger partial charge is 0.269 e. The van der Waals surface area contributed by atoms with Crippen LogP contribution in [0.25, 0.3) is 0 Å². The van der Waals surface area contributed by atoms with Crippen LogP contribution in [0.1, 0.15) is 54.1 Å². The SMILES string of the molecule is O=C(NN1C(=O)C2(CCCCC2)C1c1ccccc1F)c1ccccc1. The van der Waals surface area contributed by atoms with Gasteiger partial charge in [-0.15, -0.1) is 0 Å². The molecule has 4 nitrogen and oxygen atoms in total. The number of nitrogens with one attached hydrogen (secondary N) is 1. The van der Waals surface area contributed by atoms with E-state index in [2.05, 4.69) is 5.43 Å². The van der Waals surface area contributed by atoms with E-state index >= 15 is 0 Å². The predicted octanol–water partition coefficient (Wildman–Crippen LogP) is 4.00. The minimum Gasteiger partial charge on any atom is -0.272 e. The van der Waals surface area contributed by atoms with Gasteiger partial charge in [0.1, 0.15) is 5.82 Å². The number of β-lactam (4-membered cyclic amide) rings is 1. The normalized spacial score (nSPS) is 21.3. The van der Waals surface area contributed by atoms with Crippen LogP contribution < -0.4 is 5.43 Å². The fourth-order valence-corrected chi connectivity index (χ4v) is 4.34. The summed E-state index contributed by atoms with van der Waals surface area (Å²) in [6.07, 6.45) is 4.48. The molecular weight excluding hydrogens is 331 g/mol. The number of carbonyl (C=O) groups is 2. The lowest BCUT2D eigenvalue weighted by molar-refractivity contribution is -0.184. The van der Waals surface area contributed by atoms with Gasteiger partial charge in [0.05, 0.1) is 11.5 Å². The lowest BCUT2D eigenvalue weighted by atomic mass is 9.61. The van der Waals surface area contributed by atoms with E-state index in [-0.39, 0.29) is 17.6 Å². The highest BCUT2D eigenvalue weighted by Gasteiger charge is 2.62. The summed E-state index contributed by atoms with van der Waals surface area (Å²) in [6.45, 7) is 0. The van der Waals surface area contributed by atoms with Gasteiger partial charge in [0.25, 0.3) is 5.91 Å². The average molecular weight is 352 g/mol. The van der Waals surface area contributed by atoms with Crippen molar-refractivity contribution in [2.75, 3.05) is 0 Å². The van der Waals surface area contributed by atoms with E-state index in [0.717, 1.165) is 32.1 Å². The van der Waals surface area contributed by atoms with Crippen LogP contribution in [0.15, 0.2) is 54.6 Å². The standard InChI is InChI=1S/C21H21FN2O2/c22-17-12-6-5-11-16(17)18-21(13-7-2-8-14-21)20(26)24(18)23-19(25)15-9-3-1-4-10-15/h1,3-6,9-12,18H,2,7-8,13-14H2,(H,23,25). The molecule has 0 bridgehead atoms. The van der Waals surface area contributed by atoms with E-state index in [1.807, 2.05) is 6.07 Å². The third-order valence-electron chi connectivity index (χ3n) is 5.63. The van der Waals surface area contributed by atoms with Crippen molar-refractivity contribution in [1.82, 2.24) is 10.4 Å². The van der Waals surface area contributed by atoms with Crippen LogP contribution in [-0.4, -0.2) is 16.8 Å². The topological polar surface area (TPSA) is 49.4 Å². The van der Waals surface area contributed by atoms with Gasteiger partial charge in [-0.05, 0) is 31.0 Å². The molecule has 1 N–H and O–H groups in total. The molecule has 0 aromatic heterocycles. The van der Waals surface area contributed by atoms with Gasteiger partial charge in [0.15, 0.2) is 0 Å². The molecule has 1 atom stereocenters. The van der Waals surface area contributed by atoms with Gasteiger partial charge in [0, 0.05) is 11.1 Å². The number of carbonyl (C=O) groups excluding carboxylic acids is 2. The Kier molecular flexibility index (Phi) is 4.23. The van der Waals surface area contributed by atoms with Crippen LogP contribution in [0.2, 0.25) is 0 Å². The van der Waals surface area contributed by atoms with Crippen molar-refractivity contribution in [2.45, 2.75) is 38.1 Å². The minimum absolute atomic E-state index is 0.102. The molecule has 26 heavy (non-hydrogen) atoms. The van der Waals surface area contributed by atoms with E-state index in [0.29, 0.717) is 11.1 Å². The first-order chi connectivity index (χ1) is 12.6. The monoisotopic (exact) mass is 352 g/mol. The quantitative estimate of drug-likeness (QED) is 0.849. The summed E-state index contributed by atoms with van der Waals surface area (Å²) in [5.74, 6) is -0.797. The molecule has 1 heterocycles. The van der Waals surface area contributed by atoms with Gasteiger partial charge in [-0.3, -0.25) is 15.0 Å². The zero-order valence-electron chi connectivity index (χ0n) is 14.5. The molecule has 134 valence electrons. The number of hydrogen-bond acceptors (Lipinski definition) is 2. The summed E-state index contributed by atoms with van der Waals surface area (Å²) in [6, 6.07) is 14.8. The Morgan fingerprint density at radius 2 is 1.65 bits per heavy atom. The van der Waals surface area contributed by atoms with Crippen LogP contribution >= 0.6 is 0 Å². The molecule has 1 aliphatic heterocycles. The molecule has 1 spiro atoms. The first-order valence-electron chi connectivity index (χ1n) is 9.08. The van der Waals surface area contributed by atoms with Gasteiger partial charge in [-0.25, -0.2) is 9.40 Å². The Balaban J connectivity index is 1.66. The Bertz CT molecular complexity index is 831. The van der Waals surface area contributed by atoms with Crippen molar-refractivity contribution in [3.05, 3.63) is 71.5 Å². The second-order valence-corrected chi connectivity index (χ2v) is 7.12. The number of amides is 2. The number of hydrazine groups is 1. The van der Waals surface area contributed by atoms with Gasteiger partial charge < -0.3 is 0 Å². The van der Waals surface area contributed by atoms with Crippen LogP contribution in [0, 0.1) is 11.2 Å². The van der Waals surface area contributed by atoms with Crippen molar-refractivity contribution in [3.8, 4) is 0 Å². The molecule has 0 radical (unpaired) electrons. The fourth-order valence-electron chi connectivity index (χ4n) is 4.34. The maximum absolute atomic E-state index is 14.5. The second kappa shape index (κ2) is 6.56. The zero-order chi connectivity index (χ0) is 18.1. The van der Waals surface area contributed by atoms with E-state index < -0.39 is 11.5 Å². The van der Waals surface area contributed by atoms with Crippen LogP contribution in [0.4, 0.5) is 4.39 Å². The van der Waals surface area contributed by atoms with Crippen molar-refractivity contribution in [3.63, 3.8) is 0 Å². The van der Waals surface area contributed by atoms with Crippen molar-refractivity contribution in [1.29, 1.82) is 0 Å². The van der Waals surface area contributed by atoms with E-state index in [1.54, 1.807) is 42.5 Å². The predicted molar refractivity (Wildman–Crippen MR) is 95.4 cm³/mol. The first-order valence-corrected chi connectivity index (χ1v) is 9.08. The van der Waals surface area contributed by atoms with Crippen molar-refractivity contribution < 1.29 is 14.0 Å². The van der Waals surface area contributed by atoms with E-state index in [4.69, 9.17) is 0 Å². The summed E-state index contributed by atoms with van der Waals surface area (Å²) < 4.78 is 14.5. The Labute approximate surface area is 152 Å². The summed E-state index contributed by atoms with van der Waals surface area (Å²) in [5.41, 5.74) is 3.06. The number of benzene rings is 2. The third-order valence-corrected chi connectivity index (χ3v) is 5.63. The molecule has 5 heteroatoms. The Hall–Kier alpha value is -2.69. The van der Waals surface area contributed by atoms with E-state index in [9.17, 15) is 14.0 Å². The van der Waals surface area contributed by atoms with Gasteiger partial charge >= 0.3 is 0 Å². The summed E-state index contributed by atoms with van der Waals surface area (Å²) in [5, 5.41) is 1.33. The minimum atomic E-state index is -0.593. The number of rotatable bonds is 3. The maximum Gasteiger partial charge on any atom is 0.269 e. The molecule has 2 fully saturated rings. The fraction of sp³-hybridized carbons (Fsp3) is 0.333. The Morgan fingerprint density at radius 3 is 2.35 bits per heavy atom. The zero-order valence-corrected chi connectivity index (χ0v) is 14.5. The van der Waals surface area contributed by atoms with Gasteiger partial charge in [-0.2, -0.15) is 0 Å². The molecule has 1 saturated carbocycles. The Morgan fingerprint density at radius 1 is 1.00 bits per heavy atom. The molecule has 2 amide bonds. The first kappa shape index (κ1) is 16.8. The molecule has 2 aromatic rings. The van der Waals surface area contributed by atoms with Crippen molar-refractivity contribution in [2.24, 2.45) is 5.41 Å². The van der Waals surface area contributed by atoms with E-state index in [1.165, 1.54) is 11.1 Å². The molecule has 2 aliphatic rings. The highest BCUT2D eigenvalue weighted by Crippen LogP contribution is 2.57. The van der Waals surface area contributed by atoms with Crippen LogP contribution in [-0.2, 0) is 4.79 Å². The van der Waals surface area contributed by atoms with Crippen LogP contribution in [0.3, 0.4) is 0 Å². The highest BCUT2D eigenvalue weighted by atomic mass is 19.1. The number of halogens is 1. The molecule has 1 aliphatic carbocycles. The number of hydrogen-bond donors (Lipinski definition) is 1. The summed E-state index contributed by atoms with van der Waals surface area (Å²) in [4.78, 5) is 25.5. The molecule has 1 unspecified atom stereocenters. The maximum atomic E-state index is 14.5. The van der Waals surface area contributed by atoms with Gasteiger partial charge in [0.2, 0.25) is 5.91 Å².